The van der Waals surface area contributed by atoms with Crippen molar-refractivity contribution in [2.24, 2.45) is 0 Å². The number of benzene rings is 2. The summed E-state index contributed by atoms with van der Waals surface area (Å²) >= 11 is 6.11. The number of aliphatic hydroxyl groups is 1. The number of rotatable bonds is 7. The first-order chi connectivity index (χ1) is 13.6. The first-order valence-corrected chi connectivity index (χ1v) is 9.79. The Hall–Kier alpha value is -2.34. The van der Waals surface area contributed by atoms with Crippen molar-refractivity contribution in [2.75, 3.05) is 39.3 Å². The molecule has 0 aliphatic carbocycles. The van der Waals surface area contributed by atoms with Gasteiger partial charge in [-0.05, 0) is 29.8 Å². The molecule has 0 radical (unpaired) electrons. The number of hydrogen-bond acceptors (Lipinski definition) is 4. The van der Waals surface area contributed by atoms with Crippen molar-refractivity contribution in [1.29, 1.82) is 0 Å². The monoisotopic (exact) mass is 400 g/mol. The predicted molar refractivity (Wildman–Crippen MR) is 111 cm³/mol. The molecule has 0 saturated carbocycles. The fraction of sp³-hybridized carbons (Fsp3) is 0.318. The molecule has 1 fully saturated rings. The Morgan fingerprint density at radius 3 is 2.46 bits per heavy atom. The zero-order valence-electron chi connectivity index (χ0n) is 15.7. The fourth-order valence-electron chi connectivity index (χ4n) is 3.09. The van der Waals surface area contributed by atoms with Crippen molar-refractivity contribution in [3.05, 3.63) is 71.3 Å². The third-order valence-corrected chi connectivity index (χ3v) is 4.99. The minimum atomic E-state index is -0.567. The largest absolute Gasteiger partial charge is 0.491 e. The number of hydrogen-bond donors (Lipinski definition) is 1. The van der Waals surface area contributed by atoms with Crippen molar-refractivity contribution in [1.82, 2.24) is 9.80 Å². The molecule has 6 heteroatoms. The van der Waals surface area contributed by atoms with Crippen molar-refractivity contribution in [2.45, 2.75) is 6.10 Å². The number of aliphatic hydroxyl groups excluding tert-OH is 1. The van der Waals surface area contributed by atoms with Gasteiger partial charge in [-0.1, -0.05) is 48.0 Å². The topological polar surface area (TPSA) is 53.0 Å². The van der Waals surface area contributed by atoms with E-state index in [2.05, 4.69) is 4.90 Å². The van der Waals surface area contributed by atoms with Crippen molar-refractivity contribution in [3.63, 3.8) is 0 Å². The second-order valence-electron chi connectivity index (χ2n) is 6.76. The molecule has 1 N–H and O–H groups in total. The van der Waals surface area contributed by atoms with Crippen molar-refractivity contribution in [3.8, 4) is 5.75 Å². The number of carbonyl (C=O) groups is 1. The Bertz CT molecular complexity index is 789. The minimum absolute atomic E-state index is 0.0208. The molecule has 0 bridgehead atoms. The summed E-state index contributed by atoms with van der Waals surface area (Å²) in [4.78, 5) is 16.3. The lowest BCUT2D eigenvalue weighted by atomic mass is 10.2. The van der Waals surface area contributed by atoms with E-state index in [9.17, 15) is 9.90 Å². The van der Waals surface area contributed by atoms with E-state index in [1.807, 2.05) is 53.4 Å². The van der Waals surface area contributed by atoms with Crippen LogP contribution in [0.4, 0.5) is 0 Å². The summed E-state index contributed by atoms with van der Waals surface area (Å²) in [5, 5.41) is 10.8. The molecule has 1 saturated heterocycles. The van der Waals surface area contributed by atoms with Gasteiger partial charge in [-0.2, -0.15) is 0 Å². The smallest absolute Gasteiger partial charge is 0.246 e. The number of carbonyl (C=O) groups excluding carboxylic acids is 1. The zero-order valence-corrected chi connectivity index (χ0v) is 16.5. The fourth-order valence-corrected chi connectivity index (χ4v) is 3.29. The average molecular weight is 401 g/mol. The van der Waals surface area contributed by atoms with Gasteiger partial charge in [0.2, 0.25) is 5.91 Å². The van der Waals surface area contributed by atoms with E-state index in [-0.39, 0.29) is 12.5 Å². The maximum Gasteiger partial charge on any atom is 0.246 e. The molecule has 0 unspecified atom stereocenters. The number of nitrogens with zero attached hydrogens (tertiary/aromatic N) is 2. The van der Waals surface area contributed by atoms with Crippen LogP contribution in [0, 0.1) is 0 Å². The Balaban J connectivity index is 1.40. The van der Waals surface area contributed by atoms with Gasteiger partial charge in [-0.15, -0.1) is 0 Å². The van der Waals surface area contributed by atoms with Gasteiger partial charge < -0.3 is 14.7 Å². The number of halogens is 1. The molecule has 2 aromatic rings. The summed E-state index contributed by atoms with van der Waals surface area (Å²) in [7, 11) is 0. The minimum Gasteiger partial charge on any atom is -0.491 e. The van der Waals surface area contributed by atoms with Crippen LogP contribution in [0.2, 0.25) is 5.02 Å². The van der Waals surface area contributed by atoms with Gasteiger partial charge >= 0.3 is 0 Å². The van der Waals surface area contributed by atoms with Gasteiger partial charge in [0, 0.05) is 43.8 Å². The Kier molecular flexibility index (Phi) is 7.48. The van der Waals surface area contributed by atoms with Crippen LogP contribution in [0.5, 0.6) is 5.75 Å². The number of piperazine rings is 1. The van der Waals surface area contributed by atoms with E-state index in [1.165, 1.54) is 0 Å². The second-order valence-corrected chi connectivity index (χ2v) is 7.17. The molecule has 1 amide bonds. The second kappa shape index (κ2) is 10.3. The molecule has 0 spiro atoms. The molecule has 5 nitrogen and oxygen atoms in total. The van der Waals surface area contributed by atoms with Crippen LogP contribution in [0.1, 0.15) is 5.56 Å². The van der Waals surface area contributed by atoms with Crippen LogP contribution in [-0.4, -0.2) is 66.2 Å². The lowest BCUT2D eigenvalue weighted by Gasteiger charge is -2.35. The molecule has 28 heavy (non-hydrogen) atoms. The summed E-state index contributed by atoms with van der Waals surface area (Å²) in [6.45, 7) is 3.52. The van der Waals surface area contributed by atoms with E-state index in [0.29, 0.717) is 24.7 Å². The average Bonchev–Trinajstić information content (AvgIpc) is 2.73. The van der Waals surface area contributed by atoms with Gasteiger partial charge in [0.05, 0.1) is 0 Å². The predicted octanol–water partition coefficient (Wildman–Crippen LogP) is 2.94. The standard InChI is InChI=1S/C22H25ClN2O3/c23-21-9-5-4-6-18(21)10-11-22(27)25-14-12-24(13-15-25)16-19(26)17-28-20-7-2-1-3-8-20/h1-11,19,26H,12-17H2/b11-10+/t19-/m0/s1. The van der Waals surface area contributed by atoms with Crippen molar-refractivity contribution < 1.29 is 14.6 Å². The molecule has 1 aliphatic heterocycles. The van der Waals surface area contributed by atoms with Crippen LogP contribution >= 0.6 is 11.6 Å². The van der Waals surface area contributed by atoms with Crippen LogP contribution in [-0.2, 0) is 4.79 Å². The van der Waals surface area contributed by atoms with E-state index in [0.717, 1.165) is 24.4 Å². The normalized spacial score (nSPS) is 16.3. The van der Waals surface area contributed by atoms with E-state index < -0.39 is 6.10 Å². The summed E-state index contributed by atoms with van der Waals surface area (Å²) in [6, 6.07) is 16.9. The van der Waals surface area contributed by atoms with Gasteiger partial charge in [0.15, 0.2) is 0 Å². The van der Waals surface area contributed by atoms with E-state index in [4.69, 9.17) is 16.3 Å². The Morgan fingerprint density at radius 1 is 1.07 bits per heavy atom. The number of ether oxygens (including phenoxy) is 1. The molecular formula is C22H25ClN2O3. The van der Waals surface area contributed by atoms with Crippen LogP contribution in [0.3, 0.4) is 0 Å². The van der Waals surface area contributed by atoms with Gasteiger partial charge in [0.25, 0.3) is 0 Å². The zero-order chi connectivity index (χ0) is 19.8. The maximum atomic E-state index is 12.4. The Morgan fingerprint density at radius 2 is 1.75 bits per heavy atom. The van der Waals surface area contributed by atoms with E-state index in [1.54, 1.807) is 18.2 Å². The summed E-state index contributed by atoms with van der Waals surface area (Å²) in [5.74, 6) is 0.731. The summed E-state index contributed by atoms with van der Waals surface area (Å²) < 4.78 is 5.59. The van der Waals surface area contributed by atoms with Gasteiger partial charge in [-0.25, -0.2) is 0 Å². The first-order valence-electron chi connectivity index (χ1n) is 9.41. The molecule has 2 aromatic carbocycles. The molecule has 1 aliphatic rings. The lowest BCUT2D eigenvalue weighted by molar-refractivity contribution is -0.127. The lowest BCUT2D eigenvalue weighted by Crippen LogP contribution is -2.50. The van der Waals surface area contributed by atoms with Crippen LogP contribution < -0.4 is 4.74 Å². The van der Waals surface area contributed by atoms with Gasteiger partial charge in [-0.3, -0.25) is 9.69 Å². The van der Waals surface area contributed by atoms with Gasteiger partial charge in [0.1, 0.15) is 18.5 Å². The van der Waals surface area contributed by atoms with Crippen LogP contribution in [0.25, 0.3) is 6.08 Å². The third-order valence-electron chi connectivity index (χ3n) is 4.65. The van der Waals surface area contributed by atoms with Crippen molar-refractivity contribution >= 4 is 23.6 Å². The van der Waals surface area contributed by atoms with E-state index >= 15 is 0 Å². The first kappa shape index (κ1) is 20.4. The number of amides is 1. The molecular weight excluding hydrogens is 376 g/mol. The molecule has 3 rings (SSSR count). The quantitative estimate of drug-likeness (QED) is 0.726. The molecule has 1 atom stereocenters. The number of β-amino-alcohol motifs (C(OH)–C–C–N with tert-alkyl or cyclic N) is 1. The Labute approximate surface area is 170 Å². The molecule has 0 aromatic heterocycles. The third kappa shape index (κ3) is 6.09. The highest BCUT2D eigenvalue weighted by molar-refractivity contribution is 6.32. The molecule has 148 valence electrons. The SMILES string of the molecule is O=C(/C=C/c1ccccc1Cl)N1CCN(C[C@H](O)COc2ccccc2)CC1. The summed E-state index contributed by atoms with van der Waals surface area (Å²) in [5.41, 5.74) is 0.831. The highest BCUT2D eigenvalue weighted by Crippen LogP contribution is 2.16. The molecule has 1 heterocycles. The highest BCUT2D eigenvalue weighted by atomic mass is 35.5. The van der Waals surface area contributed by atoms with Crippen LogP contribution in [0.15, 0.2) is 60.7 Å². The maximum absolute atomic E-state index is 12.4. The summed E-state index contributed by atoms with van der Waals surface area (Å²) in [6.07, 6.45) is 2.75. The highest BCUT2D eigenvalue weighted by Gasteiger charge is 2.21. The number of para-hydroxylation sites is 1.